The topological polar surface area (TPSA) is 81.1 Å². The summed E-state index contributed by atoms with van der Waals surface area (Å²) in [6.45, 7) is 4.35. The molecule has 0 spiro atoms. The van der Waals surface area contributed by atoms with Gasteiger partial charge in [-0.2, -0.15) is 0 Å². The second kappa shape index (κ2) is 16.5. The van der Waals surface area contributed by atoms with E-state index >= 15 is 0 Å². The minimum Gasteiger partial charge on any atom is -0.480 e. The van der Waals surface area contributed by atoms with Gasteiger partial charge in [0.1, 0.15) is 11.9 Å². The Morgan fingerprint density at radius 2 is 1.55 bits per heavy atom. The van der Waals surface area contributed by atoms with Gasteiger partial charge in [-0.15, -0.1) is 0 Å². The molecule has 2 rings (SSSR count). The summed E-state index contributed by atoms with van der Waals surface area (Å²) in [5.74, 6) is 0.168. The fraction of sp³-hybridized carbons (Fsp3) is 0.615. The van der Waals surface area contributed by atoms with Gasteiger partial charge in [0, 0.05) is 18.9 Å². The van der Waals surface area contributed by atoms with Gasteiger partial charge >= 0.3 is 5.97 Å². The van der Waals surface area contributed by atoms with Crippen molar-refractivity contribution in [2.24, 2.45) is 12.8 Å². The van der Waals surface area contributed by atoms with E-state index in [4.69, 9.17) is 10.8 Å². The summed E-state index contributed by atoms with van der Waals surface area (Å²) in [5, 5.41) is 8.52. The molecule has 0 radical (unpaired) electrons. The summed E-state index contributed by atoms with van der Waals surface area (Å²) in [7, 11) is 2.12. The van der Waals surface area contributed by atoms with E-state index in [1.165, 1.54) is 76.3 Å². The molecule has 0 amide bonds. The molecule has 1 aromatic heterocycles. The van der Waals surface area contributed by atoms with Crippen molar-refractivity contribution in [3.63, 3.8) is 0 Å². The zero-order valence-electron chi connectivity index (χ0n) is 19.9. The number of aliphatic carboxylic acids is 1. The van der Waals surface area contributed by atoms with E-state index in [1.54, 1.807) is 0 Å². The van der Waals surface area contributed by atoms with Gasteiger partial charge < -0.3 is 15.4 Å². The summed E-state index contributed by atoms with van der Waals surface area (Å²) in [6.07, 6.45) is 17.7. The molecule has 1 heterocycles. The first-order valence-electron chi connectivity index (χ1n) is 11.9. The van der Waals surface area contributed by atoms with Gasteiger partial charge in [0.2, 0.25) is 0 Å². The van der Waals surface area contributed by atoms with E-state index in [1.807, 2.05) is 36.5 Å². The van der Waals surface area contributed by atoms with Crippen LogP contribution in [0.25, 0.3) is 0 Å². The van der Waals surface area contributed by atoms with Crippen molar-refractivity contribution in [3.05, 3.63) is 53.6 Å². The van der Waals surface area contributed by atoms with E-state index < -0.39 is 12.0 Å². The molecule has 0 aliphatic heterocycles. The van der Waals surface area contributed by atoms with Gasteiger partial charge in [-0.3, -0.25) is 4.79 Å². The average Bonchev–Trinajstić information content (AvgIpc) is 3.08. The van der Waals surface area contributed by atoms with Gasteiger partial charge in [-0.1, -0.05) is 95.0 Å². The predicted octanol–water partition coefficient (Wildman–Crippen LogP) is 5.83. The van der Waals surface area contributed by atoms with Crippen LogP contribution in [0.3, 0.4) is 0 Å². The zero-order valence-corrected chi connectivity index (χ0v) is 19.9. The van der Waals surface area contributed by atoms with Crippen molar-refractivity contribution < 1.29 is 9.90 Å². The third-order valence-electron chi connectivity index (χ3n) is 5.72. The van der Waals surface area contributed by atoms with Crippen LogP contribution in [0.2, 0.25) is 0 Å². The van der Waals surface area contributed by atoms with Gasteiger partial charge in [0.15, 0.2) is 0 Å². The number of hydrogen-bond acceptors (Lipinski definition) is 3. The van der Waals surface area contributed by atoms with Gasteiger partial charge in [0.25, 0.3) is 0 Å². The number of carboxylic acids is 1. The van der Waals surface area contributed by atoms with Crippen LogP contribution in [0.5, 0.6) is 0 Å². The van der Waals surface area contributed by atoms with Gasteiger partial charge in [0.05, 0.1) is 0 Å². The molecule has 1 aromatic carbocycles. The van der Waals surface area contributed by atoms with Crippen LogP contribution in [0.1, 0.15) is 88.2 Å². The molecule has 0 saturated carbocycles. The normalized spacial score (nSPS) is 11.6. The van der Waals surface area contributed by atoms with E-state index in [9.17, 15) is 4.79 Å². The van der Waals surface area contributed by atoms with Crippen LogP contribution in [0.15, 0.2) is 36.5 Å². The molecule has 0 aliphatic carbocycles. The Kier molecular flexibility index (Phi) is 14.3. The monoisotopic (exact) mass is 429 g/mol. The number of unbranched alkanes of at least 4 members (excludes halogenated alkanes) is 9. The minimum atomic E-state index is -0.959. The Morgan fingerprint density at radius 3 is 2.03 bits per heavy atom. The number of benzene rings is 1. The second-order valence-electron chi connectivity index (χ2n) is 8.42. The van der Waals surface area contributed by atoms with E-state index in [0.29, 0.717) is 6.42 Å². The summed E-state index contributed by atoms with van der Waals surface area (Å²) < 4.78 is 2.22. The maximum atomic E-state index is 10.4. The number of carboxylic acid groups (broad SMARTS) is 1. The highest BCUT2D eigenvalue weighted by Crippen LogP contribution is 2.12. The molecule has 2 aromatic rings. The second-order valence-corrected chi connectivity index (χ2v) is 8.42. The number of aromatic nitrogens is 2. The average molecular weight is 430 g/mol. The highest BCUT2D eigenvalue weighted by molar-refractivity contribution is 5.73. The van der Waals surface area contributed by atoms with E-state index in [-0.39, 0.29) is 0 Å². The van der Waals surface area contributed by atoms with Gasteiger partial charge in [-0.25, -0.2) is 4.98 Å². The third-order valence-corrected chi connectivity index (χ3v) is 5.72. The molecule has 0 bridgehead atoms. The number of aryl methyl sites for hydroxylation is 2. The smallest absolute Gasteiger partial charge is 0.320 e. The lowest BCUT2D eigenvalue weighted by atomic mass is 10.1. The highest BCUT2D eigenvalue weighted by atomic mass is 16.4. The summed E-state index contributed by atoms with van der Waals surface area (Å²) in [4.78, 5) is 14.7. The molecule has 0 saturated heterocycles. The van der Waals surface area contributed by atoms with E-state index in [0.717, 1.165) is 11.4 Å². The molecule has 174 valence electrons. The molecule has 0 fully saturated rings. The van der Waals surface area contributed by atoms with Crippen LogP contribution >= 0.6 is 0 Å². The maximum Gasteiger partial charge on any atom is 0.320 e. The molecule has 5 heteroatoms. The fourth-order valence-electron chi connectivity index (χ4n) is 3.53. The Labute approximate surface area is 189 Å². The van der Waals surface area contributed by atoms with Crippen LogP contribution in [-0.4, -0.2) is 26.7 Å². The lowest BCUT2D eigenvalue weighted by molar-refractivity contribution is -0.138. The molecular formula is C26H43N3O2. The molecule has 3 N–H and O–H groups in total. The fourth-order valence-corrected chi connectivity index (χ4v) is 3.53. The van der Waals surface area contributed by atoms with Crippen LogP contribution in [0.4, 0.5) is 0 Å². The van der Waals surface area contributed by atoms with Crippen molar-refractivity contribution in [1.29, 1.82) is 0 Å². The van der Waals surface area contributed by atoms with Crippen LogP contribution in [0, 0.1) is 6.92 Å². The molecule has 5 nitrogen and oxygen atoms in total. The SMILES string of the molecule is CCCCCCCCCCCCc1cnc(C)n1C.NC(Cc1ccccc1)C(=O)O. The molecular weight excluding hydrogens is 386 g/mol. The predicted molar refractivity (Wildman–Crippen MR) is 129 cm³/mol. The Morgan fingerprint density at radius 1 is 1.00 bits per heavy atom. The number of nitrogens with zero attached hydrogens (tertiary/aromatic N) is 2. The standard InChI is InChI=1S/C17H32N2.C9H11NO2/c1-4-5-6-7-8-9-10-11-12-13-14-17-15-18-16(2)19(17)3;10-8(9(11)12)6-7-4-2-1-3-5-7/h15H,4-14H2,1-3H3;1-5,8H,6,10H2,(H,11,12). The lowest BCUT2D eigenvalue weighted by Gasteiger charge is -2.04. The number of carbonyl (C=O) groups is 1. The summed E-state index contributed by atoms with van der Waals surface area (Å²) >= 11 is 0. The van der Waals surface area contributed by atoms with Crippen molar-refractivity contribution >= 4 is 5.97 Å². The summed E-state index contributed by atoms with van der Waals surface area (Å²) in [5.41, 5.74) is 7.69. The highest BCUT2D eigenvalue weighted by Gasteiger charge is 2.11. The minimum absolute atomic E-state index is 0.385. The maximum absolute atomic E-state index is 10.4. The van der Waals surface area contributed by atoms with Crippen LogP contribution < -0.4 is 5.73 Å². The first-order chi connectivity index (χ1) is 15.0. The Hall–Kier alpha value is -2.14. The Bertz CT molecular complexity index is 713. The largest absolute Gasteiger partial charge is 0.480 e. The van der Waals surface area contributed by atoms with Crippen LogP contribution in [-0.2, 0) is 24.7 Å². The third kappa shape index (κ3) is 12.3. The molecule has 0 aliphatic rings. The first kappa shape index (κ1) is 26.9. The van der Waals surface area contributed by atoms with Crippen molar-refractivity contribution in [3.8, 4) is 0 Å². The number of hydrogen-bond donors (Lipinski definition) is 2. The number of nitrogens with two attached hydrogens (primary N) is 1. The number of rotatable bonds is 14. The zero-order chi connectivity index (χ0) is 22.9. The van der Waals surface area contributed by atoms with E-state index in [2.05, 4.69) is 30.4 Å². The molecule has 1 atom stereocenters. The van der Waals surface area contributed by atoms with Gasteiger partial charge in [-0.05, 0) is 31.7 Å². The Balaban J connectivity index is 0.000000343. The van der Waals surface area contributed by atoms with Crippen molar-refractivity contribution in [1.82, 2.24) is 9.55 Å². The quantitative estimate of drug-likeness (QED) is 0.370. The van der Waals surface area contributed by atoms with Crippen molar-refractivity contribution in [2.75, 3.05) is 0 Å². The summed E-state index contributed by atoms with van der Waals surface area (Å²) in [6, 6.07) is 8.54. The van der Waals surface area contributed by atoms with Crippen molar-refractivity contribution in [2.45, 2.75) is 96.9 Å². The lowest BCUT2D eigenvalue weighted by Crippen LogP contribution is -2.32. The number of imidazole rings is 1. The first-order valence-corrected chi connectivity index (χ1v) is 11.9. The molecule has 1 unspecified atom stereocenters. The molecule has 31 heavy (non-hydrogen) atoms.